The van der Waals surface area contributed by atoms with Gasteiger partial charge in [-0.3, -0.25) is 4.79 Å². The molecule has 5 nitrogen and oxygen atoms in total. The molecule has 0 radical (unpaired) electrons. The Kier molecular flexibility index (Phi) is 3.27. The number of furan rings is 1. The average Bonchev–Trinajstić information content (AvgIpc) is 2.95. The molecule has 2 aromatic heterocycles. The van der Waals surface area contributed by atoms with Gasteiger partial charge in [0, 0.05) is 12.0 Å². The van der Waals surface area contributed by atoms with Crippen molar-refractivity contribution in [2.24, 2.45) is 5.92 Å². The Balaban J connectivity index is 1.97. The number of hydrogen-bond acceptors (Lipinski definition) is 4. The fourth-order valence-electron chi connectivity index (χ4n) is 1.31. The fourth-order valence-corrected chi connectivity index (χ4v) is 1.31. The van der Waals surface area contributed by atoms with Crippen LogP contribution in [0.3, 0.4) is 0 Å². The monoisotopic (exact) mass is 234 g/mol. The molecular formula is C12H14N2O3. The molecule has 2 aromatic rings. The summed E-state index contributed by atoms with van der Waals surface area (Å²) in [5.74, 6) is 1.14. The second-order valence-electron chi connectivity index (χ2n) is 4.03. The molecule has 0 aliphatic carbocycles. The normalized spacial score (nSPS) is 10.8. The van der Waals surface area contributed by atoms with Crippen molar-refractivity contribution in [3.8, 4) is 11.5 Å². The number of nitrogens with zero attached hydrogens (tertiary/aromatic N) is 1. The fraction of sp³-hybridized carbons (Fsp3) is 0.333. The van der Waals surface area contributed by atoms with Gasteiger partial charge in [-0.25, -0.2) is 0 Å². The van der Waals surface area contributed by atoms with E-state index >= 15 is 0 Å². The molecule has 17 heavy (non-hydrogen) atoms. The van der Waals surface area contributed by atoms with E-state index in [1.807, 2.05) is 13.8 Å². The van der Waals surface area contributed by atoms with Crippen LogP contribution in [0.1, 0.15) is 19.5 Å². The van der Waals surface area contributed by atoms with Gasteiger partial charge in [0.2, 0.25) is 11.7 Å². The Morgan fingerprint density at radius 2 is 2.29 bits per heavy atom. The zero-order chi connectivity index (χ0) is 12.3. The minimum Gasteiger partial charge on any atom is -0.461 e. The predicted molar refractivity (Wildman–Crippen MR) is 60.9 cm³/mol. The number of aromatic nitrogens is 1. The molecule has 0 spiro atoms. The van der Waals surface area contributed by atoms with Gasteiger partial charge in [0.25, 0.3) is 0 Å². The number of rotatable bonds is 4. The summed E-state index contributed by atoms with van der Waals surface area (Å²) >= 11 is 0. The summed E-state index contributed by atoms with van der Waals surface area (Å²) in [4.78, 5) is 11.4. The highest BCUT2D eigenvalue weighted by Crippen LogP contribution is 2.20. The maximum atomic E-state index is 11.4. The van der Waals surface area contributed by atoms with E-state index in [1.165, 1.54) is 0 Å². The molecule has 0 bridgehead atoms. The van der Waals surface area contributed by atoms with E-state index < -0.39 is 0 Å². The van der Waals surface area contributed by atoms with Gasteiger partial charge < -0.3 is 14.3 Å². The minimum atomic E-state index is -0.0357. The average molecular weight is 234 g/mol. The standard InChI is InChI=1S/C12H14N2O3/c1-8(2)12(15)13-7-9-6-11(17-14-9)10-4-3-5-16-10/h3-6,8H,7H2,1-2H3,(H,13,15). The number of nitrogens with one attached hydrogen (secondary N) is 1. The van der Waals surface area contributed by atoms with Gasteiger partial charge >= 0.3 is 0 Å². The van der Waals surface area contributed by atoms with E-state index in [0.29, 0.717) is 23.8 Å². The summed E-state index contributed by atoms with van der Waals surface area (Å²) in [7, 11) is 0. The van der Waals surface area contributed by atoms with Gasteiger partial charge in [0.15, 0.2) is 5.76 Å². The van der Waals surface area contributed by atoms with Crippen molar-refractivity contribution in [2.75, 3.05) is 0 Å². The first-order valence-electron chi connectivity index (χ1n) is 5.44. The van der Waals surface area contributed by atoms with Gasteiger partial charge in [-0.1, -0.05) is 19.0 Å². The Hall–Kier alpha value is -2.04. The Morgan fingerprint density at radius 3 is 2.94 bits per heavy atom. The molecule has 1 N–H and O–H groups in total. The maximum absolute atomic E-state index is 11.4. The molecular weight excluding hydrogens is 220 g/mol. The van der Waals surface area contributed by atoms with Crippen LogP contribution in [0.25, 0.3) is 11.5 Å². The third-order valence-electron chi connectivity index (χ3n) is 2.29. The summed E-state index contributed by atoms with van der Waals surface area (Å²) in [6.07, 6.45) is 1.57. The van der Waals surface area contributed by atoms with Crippen LogP contribution in [-0.2, 0) is 11.3 Å². The van der Waals surface area contributed by atoms with Crippen molar-refractivity contribution in [3.63, 3.8) is 0 Å². The highest BCUT2D eigenvalue weighted by Gasteiger charge is 2.11. The number of amides is 1. The molecule has 2 rings (SSSR count). The molecule has 0 atom stereocenters. The van der Waals surface area contributed by atoms with Crippen molar-refractivity contribution >= 4 is 5.91 Å². The van der Waals surface area contributed by atoms with E-state index in [-0.39, 0.29) is 11.8 Å². The minimum absolute atomic E-state index is 0.00690. The third-order valence-corrected chi connectivity index (χ3v) is 2.29. The Morgan fingerprint density at radius 1 is 1.47 bits per heavy atom. The molecule has 0 aromatic carbocycles. The van der Waals surface area contributed by atoms with E-state index in [9.17, 15) is 4.79 Å². The molecule has 0 fully saturated rings. The quantitative estimate of drug-likeness (QED) is 0.880. The number of carbonyl (C=O) groups is 1. The molecule has 0 aliphatic heterocycles. The van der Waals surface area contributed by atoms with Crippen LogP contribution >= 0.6 is 0 Å². The lowest BCUT2D eigenvalue weighted by Crippen LogP contribution is -2.27. The molecule has 2 heterocycles. The van der Waals surface area contributed by atoms with Gasteiger partial charge in [0.05, 0.1) is 12.8 Å². The van der Waals surface area contributed by atoms with Crippen LogP contribution in [0.5, 0.6) is 0 Å². The molecule has 0 saturated carbocycles. The van der Waals surface area contributed by atoms with Gasteiger partial charge in [-0.2, -0.15) is 0 Å². The lowest BCUT2D eigenvalue weighted by atomic mass is 10.2. The van der Waals surface area contributed by atoms with Gasteiger partial charge in [0.1, 0.15) is 5.69 Å². The first-order chi connectivity index (χ1) is 8.16. The van der Waals surface area contributed by atoms with E-state index in [1.54, 1.807) is 24.5 Å². The molecule has 1 amide bonds. The van der Waals surface area contributed by atoms with Crippen LogP contribution in [0.2, 0.25) is 0 Å². The van der Waals surface area contributed by atoms with Crippen LogP contribution in [0.4, 0.5) is 0 Å². The number of hydrogen-bond donors (Lipinski definition) is 1. The third kappa shape index (κ3) is 2.75. The van der Waals surface area contributed by atoms with Crippen molar-refractivity contribution < 1.29 is 13.7 Å². The van der Waals surface area contributed by atoms with Gasteiger partial charge in [-0.15, -0.1) is 0 Å². The second-order valence-corrected chi connectivity index (χ2v) is 4.03. The van der Waals surface area contributed by atoms with Crippen molar-refractivity contribution in [2.45, 2.75) is 20.4 Å². The molecule has 90 valence electrons. The molecule has 0 aliphatic rings. The highest BCUT2D eigenvalue weighted by atomic mass is 16.5. The molecule has 5 heteroatoms. The zero-order valence-corrected chi connectivity index (χ0v) is 9.77. The maximum Gasteiger partial charge on any atom is 0.222 e. The van der Waals surface area contributed by atoms with Crippen LogP contribution in [-0.4, -0.2) is 11.1 Å². The Labute approximate surface area is 98.8 Å². The Bertz CT molecular complexity index is 486. The lowest BCUT2D eigenvalue weighted by Gasteiger charge is -2.04. The molecule has 0 unspecified atom stereocenters. The van der Waals surface area contributed by atoms with Crippen molar-refractivity contribution in [1.82, 2.24) is 10.5 Å². The van der Waals surface area contributed by atoms with Crippen molar-refractivity contribution in [3.05, 3.63) is 30.2 Å². The molecule has 0 saturated heterocycles. The largest absolute Gasteiger partial charge is 0.461 e. The first-order valence-corrected chi connectivity index (χ1v) is 5.44. The lowest BCUT2D eigenvalue weighted by molar-refractivity contribution is -0.124. The van der Waals surface area contributed by atoms with E-state index in [0.717, 1.165) is 0 Å². The SMILES string of the molecule is CC(C)C(=O)NCc1cc(-c2ccco2)on1. The summed E-state index contributed by atoms with van der Waals surface area (Å²) in [6.45, 7) is 4.04. The van der Waals surface area contributed by atoms with E-state index in [4.69, 9.17) is 8.94 Å². The topological polar surface area (TPSA) is 68.3 Å². The van der Waals surface area contributed by atoms with Crippen LogP contribution in [0, 0.1) is 5.92 Å². The smallest absolute Gasteiger partial charge is 0.222 e. The predicted octanol–water partition coefficient (Wildman–Crippen LogP) is 2.21. The van der Waals surface area contributed by atoms with E-state index in [2.05, 4.69) is 10.5 Å². The zero-order valence-electron chi connectivity index (χ0n) is 9.77. The summed E-state index contributed by atoms with van der Waals surface area (Å²) in [5.41, 5.74) is 0.672. The van der Waals surface area contributed by atoms with Crippen molar-refractivity contribution in [1.29, 1.82) is 0 Å². The van der Waals surface area contributed by atoms with Gasteiger partial charge in [-0.05, 0) is 12.1 Å². The van der Waals surface area contributed by atoms with Crippen LogP contribution < -0.4 is 5.32 Å². The number of carbonyl (C=O) groups excluding carboxylic acids is 1. The summed E-state index contributed by atoms with van der Waals surface area (Å²) in [6, 6.07) is 5.31. The second kappa shape index (κ2) is 4.86. The summed E-state index contributed by atoms with van der Waals surface area (Å²) in [5, 5.41) is 6.62. The first kappa shape index (κ1) is 11.4. The van der Waals surface area contributed by atoms with Crippen LogP contribution in [0.15, 0.2) is 33.4 Å². The highest BCUT2D eigenvalue weighted by molar-refractivity contribution is 5.77. The summed E-state index contributed by atoms with van der Waals surface area (Å²) < 4.78 is 10.3.